The van der Waals surface area contributed by atoms with Gasteiger partial charge in [0.2, 0.25) is 0 Å². The molecule has 0 aromatic carbocycles. The van der Waals surface area contributed by atoms with Gasteiger partial charge in [0.05, 0.1) is 11.9 Å². The first-order valence-corrected chi connectivity index (χ1v) is 3.44. The maximum atomic E-state index is 5.39. The van der Waals surface area contributed by atoms with Gasteiger partial charge in [-0.2, -0.15) is 4.57 Å². The average Bonchev–Trinajstić information content (AvgIpc) is 2.43. The lowest BCUT2D eigenvalue weighted by atomic mass is 10.5. The first-order chi connectivity index (χ1) is 5.29. The van der Waals surface area contributed by atoms with Crippen molar-refractivity contribution in [2.45, 2.75) is 13.5 Å². The Kier molecular flexibility index (Phi) is 1.22. The Hall–Kier alpha value is -1.29. The zero-order chi connectivity index (χ0) is 7.84. The highest BCUT2D eigenvalue weighted by atomic mass is 16.5. The molecule has 0 saturated carbocycles. The molecule has 2 aromatic rings. The van der Waals surface area contributed by atoms with Crippen LogP contribution in [0.25, 0.3) is 5.65 Å². The summed E-state index contributed by atoms with van der Waals surface area (Å²) in [6.45, 7) is 2.34. The van der Waals surface area contributed by atoms with Crippen molar-refractivity contribution in [2.75, 3.05) is 0 Å². The van der Waals surface area contributed by atoms with E-state index in [9.17, 15) is 0 Å². The molecule has 0 bridgehead atoms. The number of imidazole rings is 1. The standard InChI is InChI=1S/C7H9N3O/c1-5-2-7-9-6(3-8)4-10(7)11-5/h2,4H,3,8H2,1H3. The lowest BCUT2D eigenvalue weighted by molar-refractivity contribution is 0.357. The molecule has 0 aliphatic carbocycles. The maximum absolute atomic E-state index is 5.39. The van der Waals surface area contributed by atoms with E-state index in [1.54, 1.807) is 10.8 Å². The molecule has 0 saturated heterocycles. The Morgan fingerprint density at radius 2 is 2.55 bits per heavy atom. The summed E-state index contributed by atoms with van der Waals surface area (Å²) in [7, 11) is 0. The molecule has 0 radical (unpaired) electrons. The zero-order valence-electron chi connectivity index (χ0n) is 6.24. The summed E-state index contributed by atoms with van der Waals surface area (Å²) in [4.78, 5) is 4.20. The monoisotopic (exact) mass is 151 g/mol. The van der Waals surface area contributed by atoms with Gasteiger partial charge in [-0.15, -0.1) is 0 Å². The quantitative estimate of drug-likeness (QED) is 0.652. The highest BCUT2D eigenvalue weighted by molar-refractivity contribution is 5.38. The zero-order valence-corrected chi connectivity index (χ0v) is 6.24. The second-order valence-electron chi connectivity index (χ2n) is 2.47. The van der Waals surface area contributed by atoms with E-state index in [-0.39, 0.29) is 0 Å². The molecular formula is C7H9N3O. The van der Waals surface area contributed by atoms with Gasteiger partial charge in [0.15, 0.2) is 5.65 Å². The van der Waals surface area contributed by atoms with E-state index in [1.807, 2.05) is 13.0 Å². The van der Waals surface area contributed by atoms with Crippen molar-refractivity contribution in [3.8, 4) is 0 Å². The topological polar surface area (TPSA) is 56.5 Å². The van der Waals surface area contributed by atoms with Crippen LogP contribution < -0.4 is 5.73 Å². The molecule has 2 heterocycles. The number of aryl methyl sites for hydroxylation is 1. The summed E-state index contributed by atoms with van der Waals surface area (Å²) < 4.78 is 6.87. The maximum Gasteiger partial charge on any atom is 0.172 e. The van der Waals surface area contributed by atoms with Crippen molar-refractivity contribution >= 4 is 5.65 Å². The molecule has 0 unspecified atom stereocenters. The third kappa shape index (κ3) is 0.914. The van der Waals surface area contributed by atoms with E-state index in [0.717, 1.165) is 17.1 Å². The van der Waals surface area contributed by atoms with Crippen molar-refractivity contribution < 1.29 is 4.52 Å². The van der Waals surface area contributed by atoms with Gasteiger partial charge in [-0.05, 0) is 6.92 Å². The van der Waals surface area contributed by atoms with Gasteiger partial charge in [-0.3, -0.25) is 0 Å². The summed E-state index contributed by atoms with van der Waals surface area (Å²) in [6.07, 6.45) is 1.79. The highest BCUT2D eigenvalue weighted by Gasteiger charge is 2.02. The van der Waals surface area contributed by atoms with Gasteiger partial charge in [0, 0.05) is 12.6 Å². The largest absolute Gasteiger partial charge is 0.378 e. The van der Waals surface area contributed by atoms with E-state index in [0.29, 0.717) is 6.54 Å². The number of hydrogen-bond donors (Lipinski definition) is 1. The fraction of sp³-hybridized carbons (Fsp3) is 0.286. The minimum atomic E-state index is 0.455. The van der Waals surface area contributed by atoms with E-state index in [1.165, 1.54) is 0 Å². The molecule has 0 atom stereocenters. The van der Waals surface area contributed by atoms with Crippen molar-refractivity contribution in [1.29, 1.82) is 0 Å². The minimum Gasteiger partial charge on any atom is -0.378 e. The predicted octanol–water partition coefficient (Wildman–Crippen LogP) is 0.694. The number of rotatable bonds is 1. The van der Waals surface area contributed by atoms with Crippen LogP contribution in [0.3, 0.4) is 0 Å². The number of fused-ring (bicyclic) bond motifs is 1. The smallest absolute Gasteiger partial charge is 0.172 e. The summed E-state index contributed by atoms with van der Waals surface area (Å²) >= 11 is 0. The third-order valence-electron chi connectivity index (χ3n) is 1.53. The SMILES string of the molecule is Cc1cc2nc(CN)cn2o1. The molecule has 4 nitrogen and oxygen atoms in total. The second-order valence-corrected chi connectivity index (χ2v) is 2.47. The second kappa shape index (κ2) is 2.10. The Bertz CT molecular complexity index is 342. The fourth-order valence-corrected chi connectivity index (χ4v) is 1.06. The fourth-order valence-electron chi connectivity index (χ4n) is 1.06. The summed E-state index contributed by atoms with van der Waals surface area (Å²) in [6, 6.07) is 1.87. The molecule has 2 rings (SSSR count). The molecule has 0 fully saturated rings. The Morgan fingerprint density at radius 1 is 1.73 bits per heavy atom. The van der Waals surface area contributed by atoms with Crippen LogP contribution in [0.15, 0.2) is 16.8 Å². The third-order valence-corrected chi connectivity index (χ3v) is 1.53. The number of nitrogens with zero attached hydrogens (tertiary/aromatic N) is 2. The first kappa shape index (κ1) is 6.42. The molecular weight excluding hydrogens is 142 g/mol. The number of nitrogens with two attached hydrogens (primary N) is 1. The van der Waals surface area contributed by atoms with Gasteiger partial charge in [-0.1, -0.05) is 0 Å². The summed E-state index contributed by atoms with van der Waals surface area (Å²) in [5.41, 5.74) is 7.07. The molecule has 2 N–H and O–H groups in total. The van der Waals surface area contributed by atoms with Crippen LogP contribution in [0.1, 0.15) is 11.5 Å². The average molecular weight is 151 g/mol. The lowest BCUT2D eigenvalue weighted by Gasteiger charge is -1.82. The van der Waals surface area contributed by atoms with Gasteiger partial charge in [0.25, 0.3) is 0 Å². The van der Waals surface area contributed by atoms with Crippen LogP contribution in [0, 0.1) is 6.92 Å². The van der Waals surface area contributed by atoms with Crippen LogP contribution in [0.5, 0.6) is 0 Å². The van der Waals surface area contributed by atoms with Crippen LogP contribution in [0.2, 0.25) is 0 Å². The predicted molar refractivity (Wildman–Crippen MR) is 40.1 cm³/mol. The molecule has 0 aliphatic rings. The van der Waals surface area contributed by atoms with Gasteiger partial charge in [-0.25, -0.2) is 4.98 Å². The van der Waals surface area contributed by atoms with Crippen molar-refractivity contribution in [2.24, 2.45) is 5.73 Å². The molecule has 58 valence electrons. The molecule has 0 aliphatic heterocycles. The van der Waals surface area contributed by atoms with Crippen molar-refractivity contribution in [3.05, 3.63) is 23.7 Å². The summed E-state index contributed by atoms with van der Waals surface area (Å²) in [5.74, 6) is 0.857. The van der Waals surface area contributed by atoms with Gasteiger partial charge >= 0.3 is 0 Å². The van der Waals surface area contributed by atoms with Crippen LogP contribution >= 0.6 is 0 Å². The minimum absolute atomic E-state index is 0.455. The number of hydrogen-bond acceptors (Lipinski definition) is 3. The van der Waals surface area contributed by atoms with Crippen molar-refractivity contribution in [3.63, 3.8) is 0 Å². The number of aromatic nitrogens is 2. The first-order valence-electron chi connectivity index (χ1n) is 3.44. The summed E-state index contributed by atoms with van der Waals surface area (Å²) in [5, 5.41) is 0. The van der Waals surface area contributed by atoms with Crippen LogP contribution in [0.4, 0.5) is 0 Å². The van der Waals surface area contributed by atoms with Crippen LogP contribution in [-0.2, 0) is 6.54 Å². The van der Waals surface area contributed by atoms with E-state index >= 15 is 0 Å². The van der Waals surface area contributed by atoms with E-state index < -0.39 is 0 Å². The molecule has 11 heavy (non-hydrogen) atoms. The normalized spacial score (nSPS) is 11.1. The Labute approximate surface area is 63.6 Å². The highest BCUT2D eigenvalue weighted by Crippen LogP contribution is 2.08. The van der Waals surface area contributed by atoms with Crippen molar-refractivity contribution in [1.82, 2.24) is 9.56 Å². The molecule has 0 amide bonds. The Balaban J connectivity index is 2.64. The van der Waals surface area contributed by atoms with E-state index in [2.05, 4.69) is 4.98 Å². The van der Waals surface area contributed by atoms with Crippen LogP contribution in [-0.4, -0.2) is 9.56 Å². The molecule has 4 heteroatoms. The molecule has 2 aromatic heterocycles. The lowest BCUT2D eigenvalue weighted by Crippen LogP contribution is -1.95. The van der Waals surface area contributed by atoms with Gasteiger partial charge in [0.1, 0.15) is 5.76 Å². The van der Waals surface area contributed by atoms with Gasteiger partial charge < -0.3 is 10.3 Å². The Morgan fingerprint density at radius 3 is 3.18 bits per heavy atom. The molecule has 0 spiro atoms. The van der Waals surface area contributed by atoms with E-state index in [4.69, 9.17) is 10.3 Å².